The fourth-order valence-electron chi connectivity index (χ4n) is 1.75. The van der Waals surface area contributed by atoms with Crippen LogP contribution in [0.1, 0.15) is 38.5 Å². The summed E-state index contributed by atoms with van der Waals surface area (Å²) in [5.41, 5.74) is 0. The molecule has 2 N–H and O–H groups in total. The summed E-state index contributed by atoms with van der Waals surface area (Å²) < 4.78 is 0. The molecule has 1 fully saturated rings. The van der Waals surface area contributed by atoms with Crippen molar-refractivity contribution in [3.63, 3.8) is 0 Å². The minimum atomic E-state index is 0. The lowest BCUT2D eigenvalue weighted by Crippen LogP contribution is -2.30. The fourth-order valence-corrected chi connectivity index (χ4v) is 1.75. The van der Waals surface area contributed by atoms with E-state index < -0.39 is 0 Å². The molecule has 1 rings (SSSR count). The van der Waals surface area contributed by atoms with Crippen molar-refractivity contribution in [2.24, 2.45) is 0 Å². The molecule has 0 aromatic rings. The molecule has 0 heterocycles. The number of halogens is 1. The molecular weight excluding hydrogens is 174 g/mol. The van der Waals surface area contributed by atoms with E-state index in [1.807, 2.05) is 0 Å². The van der Waals surface area contributed by atoms with Crippen molar-refractivity contribution in [3.8, 4) is 0 Å². The Morgan fingerprint density at radius 2 is 1.67 bits per heavy atom. The van der Waals surface area contributed by atoms with Crippen LogP contribution in [0.5, 0.6) is 0 Å². The number of aliphatic hydroxyl groups is 1. The largest absolute Gasteiger partial charge is 0.395 e. The van der Waals surface area contributed by atoms with E-state index in [-0.39, 0.29) is 19.0 Å². The van der Waals surface area contributed by atoms with Crippen LogP contribution in [0.2, 0.25) is 0 Å². The molecule has 2 nitrogen and oxygen atoms in total. The Bertz CT molecular complexity index is 92.5. The Hall–Kier alpha value is 0.210. The summed E-state index contributed by atoms with van der Waals surface area (Å²) >= 11 is 0. The first-order valence-electron chi connectivity index (χ1n) is 4.77. The third kappa shape index (κ3) is 4.96. The molecule has 0 aromatic carbocycles. The van der Waals surface area contributed by atoms with Gasteiger partial charge in [0.25, 0.3) is 0 Å². The summed E-state index contributed by atoms with van der Waals surface area (Å²) in [6.07, 6.45) is 8.14. The van der Waals surface area contributed by atoms with Crippen LogP contribution in [-0.2, 0) is 0 Å². The molecule has 0 saturated heterocycles. The Balaban J connectivity index is 0.00000121. The molecule has 0 bridgehead atoms. The van der Waals surface area contributed by atoms with E-state index in [2.05, 4.69) is 5.32 Å². The Labute approximate surface area is 81.2 Å². The van der Waals surface area contributed by atoms with Crippen LogP contribution < -0.4 is 5.32 Å². The maximum atomic E-state index is 8.60. The quantitative estimate of drug-likeness (QED) is 0.669. The average molecular weight is 194 g/mol. The molecule has 12 heavy (non-hydrogen) atoms. The highest BCUT2D eigenvalue weighted by Gasteiger charge is 2.09. The third-order valence-corrected chi connectivity index (χ3v) is 2.40. The molecule has 1 aliphatic rings. The van der Waals surface area contributed by atoms with Gasteiger partial charge in [0.2, 0.25) is 0 Å². The molecule has 0 aliphatic heterocycles. The van der Waals surface area contributed by atoms with E-state index in [1.165, 1.54) is 38.5 Å². The van der Waals surface area contributed by atoms with Crippen LogP contribution in [0.3, 0.4) is 0 Å². The zero-order valence-corrected chi connectivity index (χ0v) is 8.41. The van der Waals surface area contributed by atoms with Crippen molar-refractivity contribution in [2.75, 3.05) is 13.2 Å². The lowest BCUT2D eigenvalue weighted by molar-refractivity contribution is 0.280. The lowest BCUT2D eigenvalue weighted by Gasteiger charge is -2.14. The molecule has 0 atom stereocenters. The van der Waals surface area contributed by atoms with Crippen molar-refractivity contribution in [3.05, 3.63) is 0 Å². The first-order valence-corrected chi connectivity index (χ1v) is 4.77. The van der Waals surface area contributed by atoms with Crippen molar-refractivity contribution in [1.29, 1.82) is 0 Å². The minimum absolute atomic E-state index is 0. The van der Waals surface area contributed by atoms with Crippen LogP contribution in [0, 0.1) is 0 Å². The fraction of sp³-hybridized carbons (Fsp3) is 1.00. The van der Waals surface area contributed by atoms with Gasteiger partial charge in [-0.2, -0.15) is 0 Å². The first-order chi connectivity index (χ1) is 5.43. The summed E-state index contributed by atoms with van der Waals surface area (Å²) in [6.45, 7) is 1.04. The number of nitrogens with one attached hydrogen (secondary N) is 1. The van der Waals surface area contributed by atoms with E-state index in [0.717, 1.165) is 6.54 Å². The molecule has 0 aromatic heterocycles. The topological polar surface area (TPSA) is 32.3 Å². The molecule has 0 unspecified atom stereocenters. The van der Waals surface area contributed by atoms with Crippen LogP contribution in [0.4, 0.5) is 0 Å². The highest BCUT2D eigenvalue weighted by Crippen LogP contribution is 2.16. The molecule has 1 aliphatic carbocycles. The van der Waals surface area contributed by atoms with Gasteiger partial charge in [-0.15, -0.1) is 12.4 Å². The Morgan fingerprint density at radius 3 is 2.17 bits per heavy atom. The van der Waals surface area contributed by atoms with E-state index in [1.54, 1.807) is 0 Å². The highest BCUT2D eigenvalue weighted by molar-refractivity contribution is 5.85. The molecule has 3 heteroatoms. The predicted octanol–water partition coefficient (Wildman–Crippen LogP) is 1.71. The zero-order valence-electron chi connectivity index (χ0n) is 7.59. The Kier molecular flexibility index (Phi) is 7.98. The lowest BCUT2D eigenvalue weighted by atomic mass is 10.1. The first kappa shape index (κ1) is 12.2. The van der Waals surface area contributed by atoms with E-state index in [0.29, 0.717) is 6.04 Å². The zero-order chi connectivity index (χ0) is 7.94. The van der Waals surface area contributed by atoms with Gasteiger partial charge < -0.3 is 10.4 Å². The van der Waals surface area contributed by atoms with Crippen LogP contribution in [-0.4, -0.2) is 24.3 Å². The summed E-state index contributed by atoms with van der Waals surface area (Å²) in [6, 6.07) is 0.685. The van der Waals surface area contributed by atoms with Crippen LogP contribution in [0.25, 0.3) is 0 Å². The molecular formula is C9H20ClNO. The summed E-state index contributed by atoms with van der Waals surface area (Å²) in [5, 5.41) is 12.0. The summed E-state index contributed by atoms with van der Waals surface area (Å²) in [5.74, 6) is 0. The van der Waals surface area contributed by atoms with Gasteiger partial charge in [-0.05, 0) is 12.8 Å². The number of hydrogen-bond acceptors (Lipinski definition) is 2. The van der Waals surface area contributed by atoms with Gasteiger partial charge in [-0.3, -0.25) is 0 Å². The van der Waals surface area contributed by atoms with E-state index in [4.69, 9.17) is 5.11 Å². The molecule has 1 saturated carbocycles. The van der Waals surface area contributed by atoms with Crippen molar-refractivity contribution >= 4 is 12.4 Å². The van der Waals surface area contributed by atoms with Crippen molar-refractivity contribution in [2.45, 2.75) is 44.6 Å². The van der Waals surface area contributed by atoms with Gasteiger partial charge >= 0.3 is 0 Å². The maximum Gasteiger partial charge on any atom is 0.0556 e. The smallest absolute Gasteiger partial charge is 0.0556 e. The number of aliphatic hydroxyl groups excluding tert-OH is 1. The van der Waals surface area contributed by atoms with Crippen molar-refractivity contribution in [1.82, 2.24) is 5.32 Å². The minimum Gasteiger partial charge on any atom is -0.395 e. The number of rotatable bonds is 3. The average Bonchev–Trinajstić information content (AvgIpc) is 2.28. The predicted molar refractivity (Wildman–Crippen MR) is 53.8 cm³/mol. The molecule has 74 valence electrons. The van der Waals surface area contributed by atoms with Crippen LogP contribution in [0.15, 0.2) is 0 Å². The van der Waals surface area contributed by atoms with Gasteiger partial charge in [0.1, 0.15) is 0 Å². The van der Waals surface area contributed by atoms with Gasteiger partial charge in [-0.25, -0.2) is 0 Å². The van der Waals surface area contributed by atoms with Crippen LogP contribution >= 0.6 is 12.4 Å². The molecule has 0 amide bonds. The van der Waals surface area contributed by atoms with Gasteiger partial charge in [-0.1, -0.05) is 25.7 Å². The maximum absolute atomic E-state index is 8.60. The second-order valence-corrected chi connectivity index (χ2v) is 3.37. The van der Waals surface area contributed by atoms with Gasteiger partial charge in [0.05, 0.1) is 6.61 Å². The van der Waals surface area contributed by atoms with Crippen molar-refractivity contribution < 1.29 is 5.11 Å². The van der Waals surface area contributed by atoms with Gasteiger partial charge in [0, 0.05) is 12.6 Å². The third-order valence-electron chi connectivity index (χ3n) is 2.40. The van der Waals surface area contributed by atoms with E-state index >= 15 is 0 Å². The van der Waals surface area contributed by atoms with E-state index in [9.17, 15) is 0 Å². The standard InChI is InChI=1S/C9H19NO.ClH/c11-8-7-10-9-5-3-1-2-4-6-9;/h9-11H,1-8H2;1H. The highest BCUT2D eigenvalue weighted by atomic mass is 35.5. The summed E-state index contributed by atoms with van der Waals surface area (Å²) in [7, 11) is 0. The summed E-state index contributed by atoms with van der Waals surface area (Å²) in [4.78, 5) is 0. The second kappa shape index (κ2) is 7.84. The molecule has 0 spiro atoms. The monoisotopic (exact) mass is 193 g/mol. The normalized spacial score (nSPS) is 19.8. The Morgan fingerprint density at radius 1 is 1.08 bits per heavy atom. The van der Waals surface area contributed by atoms with Gasteiger partial charge in [0.15, 0.2) is 0 Å². The number of hydrogen-bond donors (Lipinski definition) is 2. The molecule has 0 radical (unpaired) electrons. The SMILES string of the molecule is Cl.OCCNC1CCCCCC1. The second-order valence-electron chi connectivity index (χ2n) is 3.37.